The molecule has 35 heavy (non-hydrogen) atoms. The number of carbonyl (C=O) groups excluding carboxylic acids is 1. The van der Waals surface area contributed by atoms with Crippen LogP contribution in [0.2, 0.25) is 5.02 Å². The SMILES string of the molecule is CONC(=O)c1c(P(=O)(O[C@@H]2C[C@@H](C)CC[C@H]2C(C)C)c2ccccc2)c2cc(Cl)ccc2n1C. The van der Waals surface area contributed by atoms with Crippen molar-refractivity contribution in [1.82, 2.24) is 10.0 Å². The van der Waals surface area contributed by atoms with E-state index in [1.807, 2.05) is 36.4 Å². The van der Waals surface area contributed by atoms with Gasteiger partial charge in [-0.3, -0.25) is 14.2 Å². The van der Waals surface area contributed by atoms with Crippen molar-refractivity contribution in [2.24, 2.45) is 24.8 Å². The highest BCUT2D eigenvalue weighted by Gasteiger charge is 2.43. The van der Waals surface area contributed by atoms with Crippen LogP contribution >= 0.6 is 19.0 Å². The van der Waals surface area contributed by atoms with Gasteiger partial charge in [-0.25, -0.2) is 5.48 Å². The molecule has 1 heterocycles. The van der Waals surface area contributed by atoms with Crippen molar-refractivity contribution < 1.29 is 18.7 Å². The number of carbonyl (C=O) groups is 1. The zero-order valence-corrected chi connectivity index (χ0v) is 22.6. The zero-order chi connectivity index (χ0) is 25.3. The van der Waals surface area contributed by atoms with Crippen molar-refractivity contribution in [3.63, 3.8) is 0 Å². The third kappa shape index (κ3) is 4.95. The van der Waals surface area contributed by atoms with Crippen LogP contribution in [-0.4, -0.2) is 23.7 Å². The fraction of sp³-hybridized carbons (Fsp3) is 0.444. The number of rotatable bonds is 7. The van der Waals surface area contributed by atoms with Crippen LogP contribution in [0.5, 0.6) is 0 Å². The first-order chi connectivity index (χ1) is 16.7. The summed E-state index contributed by atoms with van der Waals surface area (Å²) in [6, 6.07) is 14.6. The van der Waals surface area contributed by atoms with Gasteiger partial charge in [-0.2, -0.15) is 0 Å². The van der Waals surface area contributed by atoms with Crippen molar-refractivity contribution >= 4 is 46.4 Å². The lowest BCUT2D eigenvalue weighted by Crippen LogP contribution is -2.37. The van der Waals surface area contributed by atoms with Gasteiger partial charge in [0.1, 0.15) is 5.69 Å². The minimum absolute atomic E-state index is 0.197. The molecule has 0 bridgehead atoms. The van der Waals surface area contributed by atoms with Crippen molar-refractivity contribution in [2.75, 3.05) is 7.11 Å². The van der Waals surface area contributed by atoms with Crippen molar-refractivity contribution in [3.05, 3.63) is 59.2 Å². The third-order valence-corrected chi connectivity index (χ3v) is 10.0. The lowest BCUT2D eigenvalue weighted by molar-refractivity contribution is 0.0504. The minimum Gasteiger partial charge on any atom is -0.339 e. The van der Waals surface area contributed by atoms with Crippen LogP contribution in [0.1, 0.15) is 50.5 Å². The molecule has 1 fully saturated rings. The molecule has 1 aromatic heterocycles. The predicted molar refractivity (Wildman–Crippen MR) is 142 cm³/mol. The second-order valence-electron chi connectivity index (χ2n) is 9.91. The zero-order valence-electron chi connectivity index (χ0n) is 21.0. The lowest BCUT2D eigenvalue weighted by atomic mass is 9.75. The fourth-order valence-corrected chi connectivity index (χ4v) is 8.26. The quantitative estimate of drug-likeness (QED) is 0.317. The summed E-state index contributed by atoms with van der Waals surface area (Å²) in [5, 5.41) is 2.05. The second-order valence-corrected chi connectivity index (χ2v) is 12.6. The maximum Gasteiger partial charge on any atom is 0.292 e. The molecular formula is C27H34ClN2O4P. The summed E-state index contributed by atoms with van der Waals surface area (Å²) >= 11 is 6.40. The predicted octanol–water partition coefficient (Wildman–Crippen LogP) is 5.83. The highest BCUT2D eigenvalue weighted by atomic mass is 35.5. The van der Waals surface area contributed by atoms with Crippen molar-refractivity contribution in [2.45, 2.75) is 46.1 Å². The van der Waals surface area contributed by atoms with Crippen LogP contribution in [0.15, 0.2) is 48.5 Å². The summed E-state index contributed by atoms with van der Waals surface area (Å²) in [6.07, 6.45) is 2.78. The number of hydrogen-bond donors (Lipinski definition) is 1. The molecule has 0 radical (unpaired) electrons. The van der Waals surface area contributed by atoms with Crippen LogP contribution in [0, 0.1) is 17.8 Å². The highest BCUT2D eigenvalue weighted by Crippen LogP contribution is 2.53. The normalized spacial score (nSPS) is 22.3. The average Bonchev–Trinajstić information content (AvgIpc) is 3.11. The summed E-state index contributed by atoms with van der Waals surface area (Å²) in [6.45, 7) is 6.61. The van der Waals surface area contributed by atoms with Gasteiger partial charge in [0.25, 0.3) is 13.3 Å². The monoisotopic (exact) mass is 516 g/mol. The molecule has 188 valence electrons. The van der Waals surface area contributed by atoms with E-state index in [1.54, 1.807) is 23.7 Å². The van der Waals surface area contributed by atoms with Gasteiger partial charge in [-0.05, 0) is 60.9 Å². The maximum absolute atomic E-state index is 15.3. The molecule has 1 aliphatic carbocycles. The minimum atomic E-state index is -3.75. The molecule has 1 aliphatic rings. The Kier molecular flexibility index (Phi) is 7.77. The molecule has 1 saturated carbocycles. The molecule has 4 atom stereocenters. The van der Waals surface area contributed by atoms with Crippen LogP contribution in [0.4, 0.5) is 0 Å². The smallest absolute Gasteiger partial charge is 0.292 e. The van der Waals surface area contributed by atoms with E-state index >= 15 is 4.57 Å². The number of nitrogens with zero attached hydrogens (tertiary/aromatic N) is 1. The summed E-state index contributed by atoms with van der Waals surface area (Å²) in [5.41, 5.74) is 3.39. The summed E-state index contributed by atoms with van der Waals surface area (Å²) < 4.78 is 23.9. The van der Waals surface area contributed by atoms with E-state index in [1.165, 1.54) is 7.11 Å². The number of nitrogens with one attached hydrogen (secondary N) is 1. The van der Waals surface area contributed by atoms with Gasteiger partial charge in [0.05, 0.1) is 18.5 Å². The topological polar surface area (TPSA) is 69.6 Å². The van der Waals surface area contributed by atoms with Gasteiger partial charge < -0.3 is 9.09 Å². The maximum atomic E-state index is 15.3. The van der Waals surface area contributed by atoms with Crippen molar-refractivity contribution in [3.8, 4) is 0 Å². The van der Waals surface area contributed by atoms with E-state index in [2.05, 4.69) is 26.3 Å². The molecule has 1 unspecified atom stereocenters. The number of aromatic nitrogens is 1. The van der Waals surface area contributed by atoms with E-state index in [0.29, 0.717) is 32.9 Å². The largest absolute Gasteiger partial charge is 0.339 e. The fourth-order valence-electron chi connectivity index (χ4n) is 5.39. The average molecular weight is 517 g/mol. The van der Waals surface area contributed by atoms with E-state index in [9.17, 15) is 4.79 Å². The summed E-state index contributed by atoms with van der Waals surface area (Å²) in [5.74, 6) is 0.639. The molecule has 1 N–H and O–H groups in total. The molecule has 8 heteroatoms. The Hall–Kier alpha value is -2.11. The molecule has 0 aliphatic heterocycles. The first-order valence-electron chi connectivity index (χ1n) is 12.1. The first-order valence-corrected chi connectivity index (χ1v) is 14.1. The summed E-state index contributed by atoms with van der Waals surface area (Å²) in [7, 11) is -0.599. The number of halogens is 1. The van der Waals surface area contributed by atoms with Gasteiger partial charge >= 0.3 is 0 Å². The standard InChI is InChI=1S/C27H34ClN2O4P/c1-17(2)21-13-11-18(3)15-24(21)34-35(32,20-9-7-6-8-10-20)26-22-16-19(28)12-14-23(22)30(4)25(26)27(31)29-33-5/h6-10,12,14,16-18,21,24H,11,13,15H2,1-5H3,(H,29,31)/t18-,21-,24+,35?/m0/s1. The van der Waals surface area contributed by atoms with Crippen LogP contribution in [0.25, 0.3) is 10.9 Å². The van der Waals surface area contributed by atoms with Crippen LogP contribution in [0.3, 0.4) is 0 Å². The number of aryl methyl sites for hydroxylation is 1. The Labute approximate surface area is 212 Å². The van der Waals surface area contributed by atoms with E-state index < -0.39 is 13.3 Å². The Morgan fingerprint density at radius 2 is 1.89 bits per heavy atom. The highest BCUT2D eigenvalue weighted by molar-refractivity contribution is 7.75. The summed E-state index contributed by atoms with van der Waals surface area (Å²) in [4.78, 5) is 18.2. The van der Waals surface area contributed by atoms with E-state index in [0.717, 1.165) is 24.8 Å². The van der Waals surface area contributed by atoms with Crippen LogP contribution in [-0.2, 0) is 21.0 Å². The molecule has 3 aromatic rings. The van der Waals surface area contributed by atoms with E-state index in [-0.39, 0.29) is 17.7 Å². The Balaban J connectivity index is 2.00. The molecule has 4 rings (SSSR count). The van der Waals surface area contributed by atoms with Crippen molar-refractivity contribution in [1.29, 1.82) is 0 Å². The molecule has 0 saturated heterocycles. The number of fused-ring (bicyclic) bond motifs is 1. The third-order valence-electron chi connectivity index (χ3n) is 7.18. The Morgan fingerprint density at radius 1 is 1.17 bits per heavy atom. The van der Waals surface area contributed by atoms with E-state index in [4.69, 9.17) is 21.0 Å². The first kappa shape index (κ1) is 26.0. The van der Waals surface area contributed by atoms with Gasteiger partial charge in [0.2, 0.25) is 0 Å². The Bertz CT molecular complexity index is 1260. The van der Waals surface area contributed by atoms with Crippen LogP contribution < -0.4 is 16.1 Å². The lowest BCUT2D eigenvalue weighted by Gasteiger charge is -2.39. The van der Waals surface area contributed by atoms with Gasteiger partial charge in [0, 0.05) is 28.3 Å². The van der Waals surface area contributed by atoms with Gasteiger partial charge in [0.15, 0.2) is 0 Å². The number of hydrogen-bond acceptors (Lipinski definition) is 4. The number of hydroxylamine groups is 1. The Morgan fingerprint density at radius 3 is 2.54 bits per heavy atom. The second kappa shape index (κ2) is 10.5. The molecule has 1 amide bonds. The molecular weight excluding hydrogens is 483 g/mol. The van der Waals surface area contributed by atoms with Gasteiger partial charge in [-0.1, -0.05) is 57.0 Å². The number of amides is 1. The number of benzene rings is 2. The molecule has 0 spiro atoms. The molecule has 6 nitrogen and oxygen atoms in total. The van der Waals surface area contributed by atoms with Gasteiger partial charge in [-0.15, -0.1) is 0 Å². The molecule has 2 aromatic carbocycles.